The molecule has 1 rings (SSSR count). The molecule has 1 aromatic carbocycles. The maximum atomic E-state index is 12.5. The Morgan fingerprint density at radius 2 is 1.87 bits per heavy atom. The molecule has 4 heteroatoms. The summed E-state index contributed by atoms with van der Waals surface area (Å²) >= 11 is 0. The number of hydrogen-bond donors (Lipinski definition) is 1. The third kappa shape index (κ3) is 3.23. The van der Waals surface area contributed by atoms with Gasteiger partial charge in [0.1, 0.15) is 0 Å². The van der Waals surface area contributed by atoms with Crippen molar-refractivity contribution in [1.29, 1.82) is 0 Å². The Morgan fingerprint density at radius 1 is 1.27 bits per heavy atom. The maximum Gasteiger partial charge on any atom is 0.393 e. The largest absolute Gasteiger partial charge is 0.393 e. The Morgan fingerprint density at radius 3 is 2.33 bits per heavy atom. The van der Waals surface area contributed by atoms with Crippen LogP contribution in [0, 0.1) is 12.8 Å². The Balaban J connectivity index is 2.80. The fourth-order valence-electron chi connectivity index (χ4n) is 1.44. The molecular formula is C11H14F3N. The van der Waals surface area contributed by atoms with Gasteiger partial charge in [-0.1, -0.05) is 24.3 Å². The van der Waals surface area contributed by atoms with Gasteiger partial charge in [-0.25, -0.2) is 0 Å². The summed E-state index contributed by atoms with van der Waals surface area (Å²) in [6.45, 7) is 1.44. The average molecular weight is 217 g/mol. The zero-order chi connectivity index (χ0) is 11.5. The van der Waals surface area contributed by atoms with Crippen molar-refractivity contribution in [3.8, 4) is 0 Å². The van der Waals surface area contributed by atoms with Crippen LogP contribution < -0.4 is 5.73 Å². The van der Waals surface area contributed by atoms with Crippen molar-refractivity contribution in [3.05, 3.63) is 35.4 Å². The predicted molar refractivity (Wildman–Crippen MR) is 53.5 cm³/mol. The van der Waals surface area contributed by atoms with Crippen LogP contribution in [0.5, 0.6) is 0 Å². The lowest BCUT2D eigenvalue weighted by atomic mass is 9.96. The van der Waals surface area contributed by atoms with E-state index in [-0.39, 0.29) is 13.0 Å². The first kappa shape index (κ1) is 12.0. The first-order chi connectivity index (χ1) is 6.95. The first-order valence-corrected chi connectivity index (χ1v) is 4.76. The fourth-order valence-corrected chi connectivity index (χ4v) is 1.44. The molecule has 0 aromatic heterocycles. The third-order valence-electron chi connectivity index (χ3n) is 2.47. The van der Waals surface area contributed by atoms with E-state index >= 15 is 0 Å². The van der Waals surface area contributed by atoms with Crippen molar-refractivity contribution in [2.45, 2.75) is 19.5 Å². The lowest BCUT2D eigenvalue weighted by molar-refractivity contribution is -0.171. The molecule has 0 bridgehead atoms. The number of alkyl halides is 3. The minimum atomic E-state index is -4.21. The Hall–Kier alpha value is -1.03. The lowest BCUT2D eigenvalue weighted by Crippen LogP contribution is -2.32. The van der Waals surface area contributed by atoms with Gasteiger partial charge >= 0.3 is 6.18 Å². The topological polar surface area (TPSA) is 26.0 Å². The Labute approximate surface area is 87.1 Å². The number of halogens is 3. The van der Waals surface area contributed by atoms with Crippen molar-refractivity contribution in [1.82, 2.24) is 0 Å². The molecular weight excluding hydrogens is 203 g/mol. The van der Waals surface area contributed by atoms with E-state index in [2.05, 4.69) is 0 Å². The van der Waals surface area contributed by atoms with Gasteiger partial charge in [-0.3, -0.25) is 0 Å². The van der Waals surface area contributed by atoms with Gasteiger partial charge in [0.25, 0.3) is 0 Å². The van der Waals surface area contributed by atoms with Crippen LogP contribution >= 0.6 is 0 Å². The zero-order valence-corrected chi connectivity index (χ0v) is 8.51. The van der Waals surface area contributed by atoms with E-state index < -0.39 is 12.1 Å². The van der Waals surface area contributed by atoms with Gasteiger partial charge in [0.05, 0.1) is 5.92 Å². The van der Waals surface area contributed by atoms with Gasteiger partial charge in [-0.05, 0) is 24.5 Å². The molecule has 0 saturated heterocycles. The van der Waals surface area contributed by atoms with E-state index in [1.807, 2.05) is 6.07 Å². The Kier molecular flexibility index (Phi) is 3.74. The summed E-state index contributed by atoms with van der Waals surface area (Å²) < 4.78 is 37.4. The number of rotatable bonds is 3. The normalized spacial score (nSPS) is 13.9. The van der Waals surface area contributed by atoms with Gasteiger partial charge in [0, 0.05) is 6.54 Å². The summed E-state index contributed by atoms with van der Waals surface area (Å²) in [6.07, 6.45) is -4.25. The highest BCUT2D eigenvalue weighted by atomic mass is 19.4. The second kappa shape index (κ2) is 4.66. The quantitative estimate of drug-likeness (QED) is 0.827. The van der Waals surface area contributed by atoms with Crippen LogP contribution in [-0.4, -0.2) is 12.7 Å². The average Bonchev–Trinajstić information content (AvgIpc) is 2.14. The molecule has 0 fully saturated rings. The second-order valence-corrected chi connectivity index (χ2v) is 3.60. The molecule has 0 saturated carbocycles. The summed E-state index contributed by atoms with van der Waals surface area (Å²) in [5.41, 5.74) is 6.73. The summed E-state index contributed by atoms with van der Waals surface area (Å²) in [6, 6.07) is 7.07. The first-order valence-electron chi connectivity index (χ1n) is 4.76. The summed E-state index contributed by atoms with van der Waals surface area (Å²) in [4.78, 5) is 0. The van der Waals surface area contributed by atoms with Crippen LogP contribution in [-0.2, 0) is 6.42 Å². The smallest absolute Gasteiger partial charge is 0.330 e. The van der Waals surface area contributed by atoms with E-state index in [4.69, 9.17) is 5.73 Å². The molecule has 1 nitrogen and oxygen atoms in total. The molecule has 0 aliphatic carbocycles. The van der Waals surface area contributed by atoms with Crippen molar-refractivity contribution >= 4 is 0 Å². The summed E-state index contributed by atoms with van der Waals surface area (Å²) in [7, 11) is 0. The minimum Gasteiger partial charge on any atom is -0.330 e. The summed E-state index contributed by atoms with van der Waals surface area (Å²) in [5, 5.41) is 0. The SMILES string of the molecule is Cc1ccccc1CC(CN)C(F)(F)F. The van der Waals surface area contributed by atoms with E-state index in [0.29, 0.717) is 5.56 Å². The Bertz CT molecular complexity index is 320. The molecule has 0 amide bonds. The van der Waals surface area contributed by atoms with Crippen LogP contribution in [0.1, 0.15) is 11.1 Å². The fraction of sp³-hybridized carbons (Fsp3) is 0.455. The van der Waals surface area contributed by atoms with E-state index in [9.17, 15) is 13.2 Å². The van der Waals surface area contributed by atoms with Gasteiger partial charge in [-0.15, -0.1) is 0 Å². The monoisotopic (exact) mass is 217 g/mol. The number of aryl methyl sites for hydroxylation is 1. The van der Waals surface area contributed by atoms with Gasteiger partial charge in [0.2, 0.25) is 0 Å². The predicted octanol–water partition coefficient (Wildman–Crippen LogP) is 2.67. The van der Waals surface area contributed by atoms with Crippen LogP contribution in [0.15, 0.2) is 24.3 Å². The van der Waals surface area contributed by atoms with Crippen molar-refractivity contribution in [3.63, 3.8) is 0 Å². The highest BCUT2D eigenvalue weighted by Gasteiger charge is 2.38. The standard InChI is InChI=1S/C11H14F3N/c1-8-4-2-3-5-9(8)6-10(7-15)11(12,13)14/h2-5,10H,6-7,15H2,1H3. The number of hydrogen-bond acceptors (Lipinski definition) is 1. The molecule has 0 radical (unpaired) electrons. The molecule has 0 heterocycles. The molecule has 1 aromatic rings. The molecule has 15 heavy (non-hydrogen) atoms. The van der Waals surface area contributed by atoms with Crippen molar-refractivity contribution in [2.75, 3.05) is 6.54 Å². The molecule has 0 aliphatic rings. The van der Waals surface area contributed by atoms with Gasteiger partial charge < -0.3 is 5.73 Å². The highest BCUT2D eigenvalue weighted by molar-refractivity contribution is 5.26. The number of nitrogens with two attached hydrogens (primary N) is 1. The zero-order valence-electron chi connectivity index (χ0n) is 8.51. The van der Waals surface area contributed by atoms with Crippen molar-refractivity contribution < 1.29 is 13.2 Å². The van der Waals surface area contributed by atoms with Crippen LogP contribution in [0.25, 0.3) is 0 Å². The van der Waals surface area contributed by atoms with Crippen LogP contribution in [0.4, 0.5) is 13.2 Å². The molecule has 1 atom stereocenters. The van der Waals surface area contributed by atoms with Crippen molar-refractivity contribution in [2.24, 2.45) is 11.7 Å². The van der Waals surface area contributed by atoms with Gasteiger partial charge in [-0.2, -0.15) is 13.2 Å². The van der Waals surface area contributed by atoms with E-state index in [0.717, 1.165) is 5.56 Å². The summed E-state index contributed by atoms with van der Waals surface area (Å²) in [5.74, 6) is -1.45. The molecule has 84 valence electrons. The van der Waals surface area contributed by atoms with Crippen LogP contribution in [0.3, 0.4) is 0 Å². The maximum absolute atomic E-state index is 12.5. The van der Waals surface area contributed by atoms with Crippen LogP contribution in [0.2, 0.25) is 0 Å². The highest BCUT2D eigenvalue weighted by Crippen LogP contribution is 2.29. The minimum absolute atomic E-state index is 0.0350. The number of benzene rings is 1. The van der Waals surface area contributed by atoms with E-state index in [1.54, 1.807) is 25.1 Å². The molecule has 1 unspecified atom stereocenters. The second-order valence-electron chi connectivity index (χ2n) is 3.60. The van der Waals surface area contributed by atoms with E-state index in [1.165, 1.54) is 0 Å². The molecule has 2 N–H and O–H groups in total. The lowest BCUT2D eigenvalue weighted by Gasteiger charge is -2.19. The van der Waals surface area contributed by atoms with Gasteiger partial charge in [0.15, 0.2) is 0 Å². The molecule has 0 aliphatic heterocycles. The third-order valence-corrected chi connectivity index (χ3v) is 2.47. The molecule has 0 spiro atoms.